The summed E-state index contributed by atoms with van der Waals surface area (Å²) in [7, 11) is 2.20. The van der Waals surface area contributed by atoms with Crippen molar-refractivity contribution in [3.63, 3.8) is 0 Å². The van der Waals surface area contributed by atoms with Gasteiger partial charge in [-0.2, -0.15) is 0 Å². The highest BCUT2D eigenvalue weighted by atomic mass is 15.1. The summed E-state index contributed by atoms with van der Waals surface area (Å²) in [4.78, 5) is 2.38. The third-order valence-electron chi connectivity index (χ3n) is 4.21. The van der Waals surface area contributed by atoms with Crippen molar-refractivity contribution < 1.29 is 0 Å². The highest BCUT2D eigenvalue weighted by molar-refractivity contribution is 5.74. The zero-order valence-electron chi connectivity index (χ0n) is 11.5. The van der Waals surface area contributed by atoms with Crippen molar-refractivity contribution in [2.75, 3.05) is 20.1 Å². The van der Waals surface area contributed by atoms with Crippen molar-refractivity contribution >= 4 is 5.57 Å². The molecule has 1 saturated heterocycles. The van der Waals surface area contributed by atoms with Crippen molar-refractivity contribution in [1.29, 1.82) is 0 Å². The van der Waals surface area contributed by atoms with Gasteiger partial charge in [0.05, 0.1) is 6.04 Å². The SMILES string of the molecule is CN1C=C(c2ccccc2)C=CC1C1CCCNC1. The first-order chi connectivity index (χ1) is 9.34. The number of nitrogens with one attached hydrogen (secondary N) is 1. The Morgan fingerprint density at radius 3 is 2.74 bits per heavy atom. The highest BCUT2D eigenvalue weighted by Crippen LogP contribution is 2.27. The Morgan fingerprint density at radius 2 is 2.05 bits per heavy atom. The minimum atomic E-state index is 0.542. The van der Waals surface area contributed by atoms with Crippen molar-refractivity contribution in [3.8, 4) is 0 Å². The maximum atomic E-state index is 3.51. The summed E-state index contributed by atoms with van der Waals surface area (Å²) in [6.07, 6.45) is 9.59. The molecule has 1 fully saturated rings. The summed E-state index contributed by atoms with van der Waals surface area (Å²) in [6, 6.07) is 11.2. The van der Waals surface area contributed by atoms with Crippen LogP contribution in [0.4, 0.5) is 0 Å². The number of benzene rings is 1. The van der Waals surface area contributed by atoms with Gasteiger partial charge < -0.3 is 10.2 Å². The summed E-state index contributed by atoms with van der Waals surface area (Å²) in [5, 5.41) is 3.51. The number of hydrogen-bond acceptors (Lipinski definition) is 2. The van der Waals surface area contributed by atoms with E-state index in [1.54, 1.807) is 0 Å². The second-order valence-electron chi connectivity index (χ2n) is 5.57. The molecule has 2 aliphatic heterocycles. The van der Waals surface area contributed by atoms with E-state index in [2.05, 4.69) is 65.9 Å². The van der Waals surface area contributed by atoms with Crippen LogP contribution in [-0.4, -0.2) is 31.1 Å². The third-order valence-corrected chi connectivity index (χ3v) is 4.21. The quantitative estimate of drug-likeness (QED) is 0.873. The van der Waals surface area contributed by atoms with Gasteiger partial charge in [0.1, 0.15) is 0 Å². The zero-order valence-corrected chi connectivity index (χ0v) is 11.5. The lowest BCUT2D eigenvalue weighted by molar-refractivity contribution is 0.236. The Balaban J connectivity index is 1.75. The maximum Gasteiger partial charge on any atom is 0.0508 e. The van der Waals surface area contributed by atoms with E-state index in [-0.39, 0.29) is 0 Å². The van der Waals surface area contributed by atoms with Crippen LogP contribution in [0, 0.1) is 5.92 Å². The summed E-state index contributed by atoms with van der Waals surface area (Å²) >= 11 is 0. The molecule has 2 nitrogen and oxygen atoms in total. The molecule has 1 aromatic rings. The van der Waals surface area contributed by atoms with Crippen molar-refractivity contribution in [2.24, 2.45) is 5.92 Å². The van der Waals surface area contributed by atoms with Crippen molar-refractivity contribution in [1.82, 2.24) is 10.2 Å². The van der Waals surface area contributed by atoms with E-state index in [1.807, 2.05) is 0 Å². The molecule has 0 spiro atoms. The van der Waals surface area contributed by atoms with Gasteiger partial charge in [0, 0.05) is 19.8 Å². The van der Waals surface area contributed by atoms with E-state index >= 15 is 0 Å². The molecule has 0 radical (unpaired) electrons. The summed E-state index contributed by atoms with van der Waals surface area (Å²) in [5.41, 5.74) is 2.61. The normalized spacial score (nSPS) is 27.2. The van der Waals surface area contributed by atoms with E-state index in [0.717, 1.165) is 12.5 Å². The Hall–Kier alpha value is -1.54. The molecule has 0 bridgehead atoms. The lowest BCUT2D eigenvalue weighted by Gasteiger charge is -2.37. The topological polar surface area (TPSA) is 15.3 Å². The van der Waals surface area contributed by atoms with Gasteiger partial charge in [-0.15, -0.1) is 0 Å². The van der Waals surface area contributed by atoms with Gasteiger partial charge >= 0.3 is 0 Å². The predicted molar refractivity (Wildman–Crippen MR) is 80.7 cm³/mol. The predicted octanol–water partition coefficient (Wildman–Crippen LogP) is 2.90. The molecule has 0 aliphatic carbocycles. The van der Waals surface area contributed by atoms with Crippen LogP contribution in [0.2, 0.25) is 0 Å². The fourth-order valence-electron chi connectivity index (χ4n) is 3.15. The van der Waals surface area contributed by atoms with Gasteiger partial charge in [0.15, 0.2) is 0 Å². The minimum absolute atomic E-state index is 0.542. The first-order valence-corrected chi connectivity index (χ1v) is 7.23. The number of hydrogen-bond donors (Lipinski definition) is 1. The molecular weight excluding hydrogens is 232 g/mol. The number of piperidine rings is 1. The lowest BCUT2D eigenvalue weighted by atomic mass is 9.88. The van der Waals surface area contributed by atoms with Crippen LogP contribution in [0.25, 0.3) is 5.57 Å². The lowest BCUT2D eigenvalue weighted by Crippen LogP contribution is -2.42. The molecular formula is C17H22N2. The molecule has 2 atom stereocenters. The van der Waals surface area contributed by atoms with E-state index in [0.29, 0.717) is 6.04 Å². The molecule has 1 N–H and O–H groups in total. The molecule has 1 aromatic carbocycles. The van der Waals surface area contributed by atoms with Crippen LogP contribution in [-0.2, 0) is 0 Å². The van der Waals surface area contributed by atoms with Gasteiger partial charge in [-0.25, -0.2) is 0 Å². The standard InChI is InChI=1S/C17H22N2/c1-19-13-16(14-6-3-2-4-7-14)9-10-17(19)15-8-5-11-18-12-15/h2-4,6-7,9-10,13,15,17-18H,5,8,11-12H2,1H3. The summed E-state index contributed by atoms with van der Waals surface area (Å²) in [5.74, 6) is 0.739. The van der Waals surface area contributed by atoms with Gasteiger partial charge in [0.25, 0.3) is 0 Å². The smallest absolute Gasteiger partial charge is 0.0508 e. The number of allylic oxidation sites excluding steroid dienone is 2. The summed E-state index contributed by atoms with van der Waals surface area (Å²) in [6.45, 7) is 2.33. The Labute approximate surface area is 115 Å². The van der Waals surface area contributed by atoms with E-state index < -0.39 is 0 Å². The molecule has 3 rings (SSSR count). The average Bonchev–Trinajstić information content (AvgIpc) is 2.49. The van der Waals surface area contributed by atoms with Gasteiger partial charge in [-0.05, 0) is 36.4 Å². The minimum Gasteiger partial charge on any atom is -0.373 e. The maximum absolute atomic E-state index is 3.51. The fraction of sp³-hybridized carbons (Fsp3) is 0.412. The van der Waals surface area contributed by atoms with Crippen molar-refractivity contribution in [3.05, 3.63) is 54.2 Å². The molecule has 2 heterocycles. The fourth-order valence-corrected chi connectivity index (χ4v) is 3.15. The second-order valence-corrected chi connectivity index (χ2v) is 5.57. The van der Waals surface area contributed by atoms with Crippen LogP contribution in [0.5, 0.6) is 0 Å². The zero-order chi connectivity index (χ0) is 13.1. The van der Waals surface area contributed by atoms with Crippen LogP contribution in [0.1, 0.15) is 18.4 Å². The Bertz CT molecular complexity index is 469. The second kappa shape index (κ2) is 5.62. The molecule has 19 heavy (non-hydrogen) atoms. The summed E-state index contributed by atoms with van der Waals surface area (Å²) < 4.78 is 0. The molecule has 0 amide bonds. The number of nitrogens with zero attached hydrogens (tertiary/aromatic N) is 1. The largest absolute Gasteiger partial charge is 0.373 e. The Kier molecular flexibility index (Phi) is 3.69. The Morgan fingerprint density at radius 1 is 1.21 bits per heavy atom. The van der Waals surface area contributed by atoms with Gasteiger partial charge in [0.2, 0.25) is 0 Å². The van der Waals surface area contributed by atoms with E-state index in [1.165, 1.54) is 30.5 Å². The number of likely N-dealkylation sites (N-methyl/N-ethyl adjacent to an activating group) is 1. The van der Waals surface area contributed by atoms with E-state index in [4.69, 9.17) is 0 Å². The average molecular weight is 254 g/mol. The molecule has 2 unspecified atom stereocenters. The monoisotopic (exact) mass is 254 g/mol. The molecule has 0 saturated carbocycles. The first kappa shape index (κ1) is 12.5. The highest BCUT2D eigenvalue weighted by Gasteiger charge is 2.25. The van der Waals surface area contributed by atoms with E-state index in [9.17, 15) is 0 Å². The molecule has 0 aromatic heterocycles. The van der Waals surface area contributed by atoms with Crippen LogP contribution < -0.4 is 5.32 Å². The molecule has 2 heteroatoms. The van der Waals surface area contributed by atoms with Crippen LogP contribution >= 0.6 is 0 Å². The van der Waals surface area contributed by atoms with Crippen LogP contribution in [0.15, 0.2) is 48.7 Å². The van der Waals surface area contributed by atoms with Gasteiger partial charge in [-0.1, -0.05) is 42.5 Å². The first-order valence-electron chi connectivity index (χ1n) is 7.23. The molecule has 2 aliphatic rings. The van der Waals surface area contributed by atoms with Gasteiger partial charge in [-0.3, -0.25) is 0 Å². The van der Waals surface area contributed by atoms with Crippen LogP contribution in [0.3, 0.4) is 0 Å². The number of rotatable bonds is 2. The third kappa shape index (κ3) is 2.74. The molecule has 100 valence electrons. The van der Waals surface area contributed by atoms with Crippen molar-refractivity contribution in [2.45, 2.75) is 18.9 Å².